The summed E-state index contributed by atoms with van der Waals surface area (Å²) in [6.45, 7) is 9.19. The van der Waals surface area contributed by atoms with Gasteiger partial charge in [0, 0.05) is 36.8 Å². The number of rotatable bonds is 7. The van der Waals surface area contributed by atoms with Gasteiger partial charge in [-0.15, -0.1) is 0 Å². The molecular weight excluding hydrogens is 386 g/mol. The summed E-state index contributed by atoms with van der Waals surface area (Å²) in [4.78, 5) is 15.0. The fraction of sp³-hybridized carbons (Fsp3) is 0.500. The summed E-state index contributed by atoms with van der Waals surface area (Å²) in [5, 5.41) is 3.16. The summed E-state index contributed by atoms with van der Waals surface area (Å²) >= 11 is 0. The first-order valence-corrected chi connectivity index (χ1v) is 11.4. The lowest BCUT2D eigenvalue weighted by Crippen LogP contribution is -2.47. The van der Waals surface area contributed by atoms with Crippen molar-refractivity contribution >= 4 is 11.6 Å². The van der Waals surface area contributed by atoms with Crippen LogP contribution in [0.2, 0.25) is 0 Å². The maximum absolute atomic E-state index is 12.5. The highest BCUT2D eigenvalue weighted by molar-refractivity contribution is 5.78. The number of benzene rings is 2. The molecule has 0 aromatic heterocycles. The molecule has 1 amide bonds. The lowest BCUT2D eigenvalue weighted by molar-refractivity contribution is -0.124. The lowest BCUT2D eigenvalue weighted by atomic mass is 9.94. The van der Waals surface area contributed by atoms with Gasteiger partial charge in [-0.1, -0.05) is 30.3 Å². The first kappa shape index (κ1) is 21.7. The summed E-state index contributed by atoms with van der Waals surface area (Å²) in [6, 6.07) is 13.1. The summed E-state index contributed by atoms with van der Waals surface area (Å²) in [6.07, 6.45) is 4.56. The van der Waals surface area contributed by atoms with Gasteiger partial charge in [0.1, 0.15) is 5.75 Å². The Kier molecular flexibility index (Phi) is 6.24. The largest absolute Gasteiger partial charge is 0.483 e. The summed E-state index contributed by atoms with van der Waals surface area (Å²) in [5.41, 5.74) is 11.7. The Morgan fingerprint density at radius 3 is 2.45 bits per heavy atom. The molecule has 2 aliphatic rings. The predicted molar refractivity (Wildman–Crippen MR) is 126 cm³/mol. The maximum atomic E-state index is 12.5. The molecule has 0 atom stereocenters. The fourth-order valence-corrected chi connectivity index (χ4v) is 4.77. The van der Waals surface area contributed by atoms with Crippen LogP contribution < -0.4 is 15.8 Å². The second-order valence-corrected chi connectivity index (χ2v) is 9.41. The third-order valence-electron chi connectivity index (χ3n) is 7.19. The van der Waals surface area contributed by atoms with E-state index in [-0.39, 0.29) is 18.6 Å². The fourth-order valence-electron chi connectivity index (χ4n) is 4.77. The number of carbonyl (C=O) groups excluding carboxylic acids is 1. The summed E-state index contributed by atoms with van der Waals surface area (Å²) in [7, 11) is 0. The minimum absolute atomic E-state index is 0.0426. The number of likely N-dealkylation sites (tertiary alicyclic amines) is 1. The van der Waals surface area contributed by atoms with Crippen LogP contribution in [0.15, 0.2) is 36.4 Å². The van der Waals surface area contributed by atoms with Crippen molar-refractivity contribution in [1.29, 1.82) is 0 Å². The second kappa shape index (κ2) is 8.91. The van der Waals surface area contributed by atoms with Crippen LogP contribution in [0.5, 0.6) is 5.75 Å². The van der Waals surface area contributed by atoms with E-state index in [1.54, 1.807) is 0 Å². The molecule has 5 heteroatoms. The standard InChI is InChI=1S/C26H35N3O2/c1-18-15-23(19(2)20(3)25(18)27)31-16-24(30)28-22-9-13-29(14-10-22)17-26(11-12-26)21-7-5-4-6-8-21/h4-8,15,22H,9-14,16-17,27H2,1-3H3,(H,28,30). The number of hydrogen-bond acceptors (Lipinski definition) is 4. The third kappa shape index (κ3) is 4.87. The highest BCUT2D eigenvalue weighted by atomic mass is 16.5. The number of nitrogens with zero attached hydrogens (tertiary/aromatic N) is 1. The Hall–Kier alpha value is -2.53. The van der Waals surface area contributed by atoms with Crippen LogP contribution in [0.4, 0.5) is 5.69 Å². The SMILES string of the molecule is Cc1cc(OCC(=O)NC2CCN(CC3(c4ccccc4)CC3)CC2)c(C)c(C)c1N. The number of aryl methyl sites for hydroxylation is 1. The summed E-state index contributed by atoms with van der Waals surface area (Å²) < 4.78 is 5.82. The highest BCUT2D eigenvalue weighted by Gasteiger charge is 2.45. The van der Waals surface area contributed by atoms with Gasteiger partial charge in [0.05, 0.1) is 0 Å². The number of nitrogens with two attached hydrogens (primary N) is 1. The Balaban J connectivity index is 1.23. The molecule has 3 N–H and O–H groups in total. The minimum Gasteiger partial charge on any atom is -0.483 e. The topological polar surface area (TPSA) is 67.6 Å². The van der Waals surface area contributed by atoms with Gasteiger partial charge in [0.2, 0.25) is 0 Å². The van der Waals surface area contributed by atoms with Crippen LogP contribution in [-0.4, -0.2) is 43.1 Å². The molecule has 4 rings (SSSR count). The van der Waals surface area contributed by atoms with Crippen LogP contribution in [0.3, 0.4) is 0 Å². The Morgan fingerprint density at radius 1 is 1.13 bits per heavy atom. The van der Waals surface area contributed by atoms with Crippen molar-refractivity contribution in [2.75, 3.05) is 32.0 Å². The molecule has 0 bridgehead atoms. The van der Waals surface area contributed by atoms with Crippen molar-refractivity contribution in [3.05, 3.63) is 58.7 Å². The molecule has 2 fully saturated rings. The van der Waals surface area contributed by atoms with E-state index in [0.717, 1.165) is 60.6 Å². The van der Waals surface area contributed by atoms with Crippen molar-refractivity contribution in [2.45, 2.75) is 57.9 Å². The molecule has 5 nitrogen and oxygen atoms in total. The molecular formula is C26H35N3O2. The molecule has 1 aliphatic carbocycles. The van der Waals surface area contributed by atoms with Crippen LogP contribution in [0, 0.1) is 20.8 Å². The van der Waals surface area contributed by atoms with E-state index in [0.29, 0.717) is 5.41 Å². The lowest BCUT2D eigenvalue weighted by Gasteiger charge is -2.35. The minimum atomic E-state index is -0.0482. The molecule has 0 unspecified atom stereocenters. The average Bonchev–Trinajstić information content (AvgIpc) is 3.56. The van der Waals surface area contributed by atoms with Crippen molar-refractivity contribution in [2.24, 2.45) is 0 Å². The Bertz CT molecular complexity index is 929. The number of ether oxygens (including phenoxy) is 1. The third-order valence-corrected chi connectivity index (χ3v) is 7.19. The monoisotopic (exact) mass is 421 g/mol. The average molecular weight is 422 g/mol. The quantitative estimate of drug-likeness (QED) is 0.666. The molecule has 0 radical (unpaired) electrons. The van der Waals surface area contributed by atoms with Gasteiger partial charge < -0.3 is 20.7 Å². The molecule has 1 aliphatic heterocycles. The maximum Gasteiger partial charge on any atom is 0.258 e. The van der Waals surface area contributed by atoms with Gasteiger partial charge in [0.25, 0.3) is 5.91 Å². The van der Waals surface area contributed by atoms with E-state index in [1.807, 2.05) is 26.8 Å². The van der Waals surface area contributed by atoms with E-state index in [1.165, 1.54) is 18.4 Å². The smallest absolute Gasteiger partial charge is 0.258 e. The normalized spacial score (nSPS) is 18.5. The Morgan fingerprint density at radius 2 is 1.81 bits per heavy atom. The van der Waals surface area contributed by atoms with E-state index in [9.17, 15) is 4.79 Å². The molecule has 31 heavy (non-hydrogen) atoms. The van der Waals surface area contributed by atoms with E-state index in [2.05, 4.69) is 40.5 Å². The number of carbonyl (C=O) groups is 1. The molecule has 0 spiro atoms. The van der Waals surface area contributed by atoms with Crippen molar-refractivity contribution < 1.29 is 9.53 Å². The van der Waals surface area contributed by atoms with E-state index >= 15 is 0 Å². The molecule has 166 valence electrons. The van der Waals surface area contributed by atoms with Gasteiger partial charge in [-0.3, -0.25) is 4.79 Å². The second-order valence-electron chi connectivity index (χ2n) is 9.41. The van der Waals surface area contributed by atoms with Gasteiger partial charge in [-0.05, 0) is 74.8 Å². The van der Waals surface area contributed by atoms with Crippen LogP contribution in [0.25, 0.3) is 0 Å². The molecule has 2 aromatic carbocycles. The van der Waals surface area contributed by atoms with Crippen molar-refractivity contribution in [3.63, 3.8) is 0 Å². The number of amides is 1. The van der Waals surface area contributed by atoms with Crippen LogP contribution >= 0.6 is 0 Å². The van der Waals surface area contributed by atoms with E-state index in [4.69, 9.17) is 10.5 Å². The Labute approximate surface area is 186 Å². The summed E-state index contributed by atoms with van der Waals surface area (Å²) in [5.74, 6) is 0.692. The van der Waals surface area contributed by atoms with Gasteiger partial charge in [-0.25, -0.2) is 0 Å². The molecule has 1 saturated heterocycles. The van der Waals surface area contributed by atoms with Crippen molar-refractivity contribution in [3.8, 4) is 5.75 Å². The van der Waals surface area contributed by atoms with Crippen molar-refractivity contribution in [1.82, 2.24) is 10.2 Å². The first-order valence-electron chi connectivity index (χ1n) is 11.4. The van der Waals surface area contributed by atoms with Gasteiger partial charge in [0.15, 0.2) is 6.61 Å². The number of anilines is 1. The van der Waals surface area contributed by atoms with Gasteiger partial charge >= 0.3 is 0 Å². The highest BCUT2D eigenvalue weighted by Crippen LogP contribution is 2.48. The molecule has 2 aromatic rings. The zero-order chi connectivity index (χ0) is 22.0. The molecule has 1 heterocycles. The number of nitrogen functional groups attached to an aromatic ring is 1. The number of nitrogens with one attached hydrogen (secondary N) is 1. The zero-order valence-electron chi connectivity index (χ0n) is 19.0. The van der Waals surface area contributed by atoms with Gasteiger partial charge in [-0.2, -0.15) is 0 Å². The zero-order valence-corrected chi connectivity index (χ0v) is 19.0. The van der Waals surface area contributed by atoms with E-state index < -0.39 is 0 Å². The first-order chi connectivity index (χ1) is 14.9. The predicted octanol–water partition coefficient (Wildman–Crippen LogP) is 3.89. The van der Waals surface area contributed by atoms with Crippen LogP contribution in [-0.2, 0) is 10.2 Å². The van der Waals surface area contributed by atoms with Crippen LogP contribution in [0.1, 0.15) is 47.9 Å². The molecule has 1 saturated carbocycles. The number of hydrogen-bond donors (Lipinski definition) is 2. The number of piperidine rings is 1.